The zero-order valence-electron chi connectivity index (χ0n) is 27.3. The molecule has 2 unspecified atom stereocenters. The highest BCUT2D eigenvalue weighted by molar-refractivity contribution is 9.11. The van der Waals surface area contributed by atoms with Gasteiger partial charge in [0.15, 0.2) is 0 Å². The molecule has 0 aliphatic heterocycles. The van der Waals surface area contributed by atoms with Crippen LogP contribution >= 0.6 is 50.6 Å². The number of aromatic amines is 3. The number of aromatic nitrogens is 10. The molecule has 0 bridgehead atoms. The Kier molecular flexibility index (Phi) is 12.1. The highest BCUT2D eigenvalue weighted by Crippen LogP contribution is 2.24. The summed E-state index contributed by atoms with van der Waals surface area (Å²) < 4.78 is 31.9. The Morgan fingerprint density at radius 1 is 0.577 bits per heavy atom. The standard InChI is InChI=1S/C8H7FN2.C7H6BrN2P.C7H5BrN2.C7H6FN2P.C7H6N2/c1-5-4-11-8-6(7(5)9)2-3-10-8;8-6-1-3-9-7-5(6)2-4-10(7)11;8-6-2-4-10-7-5(6)1-3-9-7;8-6-1-3-9-7-5(6)2-4-10(7)11;1-2-6-3-5-9-7(6)8-4-1/h2-4H,1H3,(H,10,11);1-4H,11H2;1-4H,(H,9,10);1-4H,11H2;1-5H,(H,8,9). The van der Waals surface area contributed by atoms with Gasteiger partial charge in [-0.2, -0.15) is 0 Å². The van der Waals surface area contributed by atoms with Gasteiger partial charge in [0.25, 0.3) is 0 Å². The van der Waals surface area contributed by atoms with Crippen molar-refractivity contribution in [3.8, 4) is 0 Å². The van der Waals surface area contributed by atoms with Crippen LogP contribution in [0.5, 0.6) is 0 Å². The molecule has 10 rings (SSSR count). The zero-order chi connectivity index (χ0) is 36.6. The molecule has 0 amide bonds. The number of halogens is 4. The fraction of sp³-hybridized carbons (Fsp3) is 0.0278. The van der Waals surface area contributed by atoms with E-state index in [0.717, 1.165) is 42.0 Å². The number of nitrogens with one attached hydrogen (secondary N) is 3. The molecule has 0 spiro atoms. The minimum absolute atomic E-state index is 0.184. The van der Waals surface area contributed by atoms with Crippen LogP contribution in [0.1, 0.15) is 5.56 Å². The molecule has 0 saturated carbocycles. The summed E-state index contributed by atoms with van der Waals surface area (Å²) >= 11 is 6.86. The van der Waals surface area contributed by atoms with Crippen LogP contribution in [-0.2, 0) is 0 Å². The monoisotopic (exact) mass is 860 g/mol. The van der Waals surface area contributed by atoms with Crippen LogP contribution in [-0.4, -0.2) is 48.5 Å². The molecule has 0 aromatic carbocycles. The average Bonchev–Trinajstić information content (AvgIpc) is 4.00. The molecule has 0 fully saturated rings. The van der Waals surface area contributed by atoms with Crippen molar-refractivity contribution in [3.05, 3.63) is 149 Å². The summed E-state index contributed by atoms with van der Waals surface area (Å²) in [6.07, 6.45) is 17.5. The van der Waals surface area contributed by atoms with Crippen molar-refractivity contribution in [2.24, 2.45) is 0 Å². The highest BCUT2D eigenvalue weighted by Gasteiger charge is 2.05. The third kappa shape index (κ3) is 8.59. The van der Waals surface area contributed by atoms with E-state index < -0.39 is 0 Å². The van der Waals surface area contributed by atoms with Crippen LogP contribution in [0, 0.1) is 18.6 Å². The van der Waals surface area contributed by atoms with E-state index in [1.54, 1.807) is 54.4 Å². The van der Waals surface area contributed by atoms with Crippen molar-refractivity contribution in [3.63, 3.8) is 0 Å². The van der Waals surface area contributed by atoms with Crippen molar-refractivity contribution in [1.29, 1.82) is 0 Å². The first-order valence-electron chi connectivity index (χ1n) is 15.5. The van der Waals surface area contributed by atoms with Crippen LogP contribution in [0.4, 0.5) is 8.78 Å². The van der Waals surface area contributed by atoms with E-state index in [-0.39, 0.29) is 11.6 Å². The lowest BCUT2D eigenvalue weighted by Crippen LogP contribution is -1.85. The summed E-state index contributed by atoms with van der Waals surface area (Å²) in [7, 11) is 5.03. The lowest BCUT2D eigenvalue weighted by Gasteiger charge is -1.94. The largest absolute Gasteiger partial charge is 0.346 e. The van der Waals surface area contributed by atoms with Gasteiger partial charge < -0.3 is 23.6 Å². The van der Waals surface area contributed by atoms with E-state index in [1.807, 2.05) is 65.4 Å². The Morgan fingerprint density at radius 3 is 1.81 bits per heavy atom. The maximum absolute atomic E-state index is 13.2. The van der Waals surface area contributed by atoms with Gasteiger partial charge in [-0.3, -0.25) is 0 Å². The van der Waals surface area contributed by atoms with Gasteiger partial charge in [0, 0.05) is 92.6 Å². The van der Waals surface area contributed by atoms with E-state index in [4.69, 9.17) is 0 Å². The molecule has 52 heavy (non-hydrogen) atoms. The normalized spacial score (nSPS) is 10.6. The Balaban J connectivity index is 0.000000112. The van der Waals surface area contributed by atoms with Gasteiger partial charge in [0.2, 0.25) is 0 Å². The summed E-state index contributed by atoms with van der Waals surface area (Å²) in [5.41, 5.74) is 4.69. The summed E-state index contributed by atoms with van der Waals surface area (Å²) in [4.78, 5) is 29.3. The third-order valence-corrected chi connectivity index (χ3v) is 9.76. The minimum Gasteiger partial charge on any atom is -0.346 e. The van der Waals surface area contributed by atoms with Crippen molar-refractivity contribution >= 4 is 106 Å². The maximum Gasteiger partial charge on any atom is 0.145 e. The van der Waals surface area contributed by atoms with E-state index in [2.05, 4.69) is 90.5 Å². The van der Waals surface area contributed by atoms with Gasteiger partial charge in [-0.05, 0) is 118 Å². The van der Waals surface area contributed by atoms with Crippen molar-refractivity contribution in [1.82, 2.24) is 48.5 Å². The van der Waals surface area contributed by atoms with E-state index >= 15 is 0 Å². The topological polar surface area (TPSA) is 122 Å². The molecule has 0 aliphatic carbocycles. The molecular formula is C36H30Br2F2N10P2. The smallest absolute Gasteiger partial charge is 0.145 e. The highest BCUT2D eigenvalue weighted by atomic mass is 79.9. The van der Waals surface area contributed by atoms with Crippen LogP contribution < -0.4 is 0 Å². The van der Waals surface area contributed by atoms with Gasteiger partial charge in [-0.15, -0.1) is 0 Å². The lowest BCUT2D eigenvalue weighted by atomic mass is 10.2. The molecule has 0 radical (unpaired) electrons. The fourth-order valence-corrected chi connectivity index (χ4v) is 6.38. The fourth-order valence-electron chi connectivity index (χ4n) is 4.93. The SMILES string of the molecule is Brc1ccnc2[nH]ccc12.Cc1cnc2[nH]ccc2c1F.Fc1ccnc2c1ccn2P.Pn1ccc2c(Br)ccnc21.c1cnc2[nH]ccc2c1. The van der Waals surface area contributed by atoms with Crippen LogP contribution in [0.3, 0.4) is 0 Å². The molecule has 262 valence electrons. The molecule has 10 nitrogen and oxygen atoms in total. The number of H-pyrrole nitrogens is 3. The van der Waals surface area contributed by atoms with E-state index in [9.17, 15) is 8.78 Å². The van der Waals surface area contributed by atoms with Crippen LogP contribution in [0.25, 0.3) is 55.2 Å². The third-order valence-electron chi connectivity index (χ3n) is 7.55. The first kappa shape index (κ1) is 36.9. The number of pyridine rings is 5. The summed E-state index contributed by atoms with van der Waals surface area (Å²) in [5, 5.41) is 4.55. The Hall–Kier alpha value is -4.87. The Morgan fingerprint density at radius 2 is 1.13 bits per heavy atom. The van der Waals surface area contributed by atoms with Gasteiger partial charge in [-0.1, -0.05) is 0 Å². The molecule has 0 aliphatic rings. The number of fused-ring (bicyclic) bond motifs is 5. The quantitative estimate of drug-likeness (QED) is 0.131. The maximum atomic E-state index is 13.2. The second-order valence-electron chi connectivity index (χ2n) is 11.0. The minimum atomic E-state index is -0.226. The van der Waals surface area contributed by atoms with Gasteiger partial charge in [0.05, 0.1) is 10.8 Å². The number of rotatable bonds is 0. The molecule has 16 heteroatoms. The predicted octanol–water partition coefficient (Wildman–Crippen LogP) is 10.1. The van der Waals surface area contributed by atoms with Crippen molar-refractivity contribution < 1.29 is 8.78 Å². The number of nitrogens with zero attached hydrogens (tertiary/aromatic N) is 7. The summed E-state index contributed by atoms with van der Waals surface area (Å²) in [6, 6.07) is 18.6. The second-order valence-corrected chi connectivity index (χ2v) is 13.8. The molecule has 10 heterocycles. The van der Waals surface area contributed by atoms with Crippen LogP contribution in [0.2, 0.25) is 0 Å². The van der Waals surface area contributed by atoms with Crippen molar-refractivity contribution in [2.45, 2.75) is 6.92 Å². The molecule has 10 aromatic rings. The summed E-state index contributed by atoms with van der Waals surface area (Å²) in [5.74, 6) is -0.410. The molecular weight excluding hydrogens is 832 g/mol. The average molecular weight is 862 g/mol. The first-order valence-corrected chi connectivity index (χ1v) is 18.1. The van der Waals surface area contributed by atoms with Gasteiger partial charge in [-0.25, -0.2) is 33.7 Å². The molecule has 3 N–H and O–H groups in total. The van der Waals surface area contributed by atoms with E-state index in [0.29, 0.717) is 27.6 Å². The van der Waals surface area contributed by atoms with E-state index in [1.165, 1.54) is 18.5 Å². The number of hydrogen-bond donors (Lipinski definition) is 3. The number of hydrogen-bond acceptors (Lipinski definition) is 5. The predicted molar refractivity (Wildman–Crippen MR) is 218 cm³/mol. The number of aryl methyl sites for hydroxylation is 1. The lowest BCUT2D eigenvalue weighted by molar-refractivity contribution is 0.629. The van der Waals surface area contributed by atoms with Crippen LogP contribution in [0.15, 0.2) is 132 Å². The zero-order valence-corrected chi connectivity index (χ0v) is 32.8. The van der Waals surface area contributed by atoms with Crippen molar-refractivity contribution in [2.75, 3.05) is 0 Å². The summed E-state index contributed by atoms with van der Waals surface area (Å²) in [6.45, 7) is 1.70. The Bertz CT molecular complexity index is 2610. The first-order chi connectivity index (χ1) is 25.2. The Labute approximate surface area is 317 Å². The van der Waals surface area contributed by atoms with Gasteiger partial charge in [0.1, 0.15) is 39.9 Å². The van der Waals surface area contributed by atoms with Gasteiger partial charge >= 0.3 is 0 Å². The second kappa shape index (κ2) is 17.1. The molecule has 10 aromatic heterocycles. The molecule has 0 saturated heterocycles. The molecule has 2 atom stereocenters.